The number of ether oxygens (including phenoxy) is 1. The molecule has 0 aliphatic carbocycles. The maximum Gasteiger partial charge on any atom is 0.106 e. The number of aliphatic hydroxyl groups excluding tert-OH is 1. The van der Waals surface area contributed by atoms with Gasteiger partial charge in [0.05, 0.1) is 18.5 Å². The van der Waals surface area contributed by atoms with Crippen LogP contribution in [0.5, 0.6) is 0 Å². The Morgan fingerprint density at radius 1 is 1.64 bits per heavy atom. The lowest BCUT2D eigenvalue weighted by Crippen LogP contribution is -2.27. The van der Waals surface area contributed by atoms with Crippen molar-refractivity contribution in [1.29, 1.82) is 0 Å². The zero-order chi connectivity index (χ0) is 9.97. The van der Waals surface area contributed by atoms with Crippen molar-refractivity contribution in [2.24, 2.45) is 5.92 Å². The van der Waals surface area contributed by atoms with Crippen molar-refractivity contribution >= 4 is 0 Å². The van der Waals surface area contributed by atoms with Crippen molar-refractivity contribution in [2.45, 2.75) is 32.0 Å². The molecule has 2 heterocycles. The SMILES string of the molecule is CC1OCCC1C(O)Cc1ccco1. The van der Waals surface area contributed by atoms with Gasteiger partial charge in [0.25, 0.3) is 0 Å². The van der Waals surface area contributed by atoms with Gasteiger partial charge in [-0.15, -0.1) is 0 Å². The molecule has 0 radical (unpaired) electrons. The molecular formula is C11H16O3. The zero-order valence-electron chi connectivity index (χ0n) is 8.35. The second-order valence-electron chi connectivity index (χ2n) is 3.88. The first kappa shape index (κ1) is 9.74. The third kappa shape index (κ3) is 1.99. The highest BCUT2D eigenvalue weighted by atomic mass is 16.5. The van der Waals surface area contributed by atoms with Gasteiger partial charge in [-0.2, -0.15) is 0 Å². The lowest BCUT2D eigenvalue weighted by atomic mass is 9.93. The van der Waals surface area contributed by atoms with E-state index in [1.807, 2.05) is 19.1 Å². The van der Waals surface area contributed by atoms with E-state index in [1.165, 1.54) is 0 Å². The third-order valence-corrected chi connectivity index (χ3v) is 2.92. The van der Waals surface area contributed by atoms with Crippen LogP contribution in [-0.2, 0) is 11.2 Å². The molecule has 3 nitrogen and oxygen atoms in total. The first-order valence-corrected chi connectivity index (χ1v) is 5.09. The van der Waals surface area contributed by atoms with Crippen LogP contribution in [0.2, 0.25) is 0 Å². The van der Waals surface area contributed by atoms with Gasteiger partial charge in [-0.1, -0.05) is 0 Å². The summed E-state index contributed by atoms with van der Waals surface area (Å²) in [6, 6.07) is 3.74. The molecule has 1 aliphatic rings. The average molecular weight is 196 g/mol. The van der Waals surface area contributed by atoms with E-state index in [2.05, 4.69) is 0 Å². The maximum atomic E-state index is 9.95. The van der Waals surface area contributed by atoms with Gasteiger partial charge in [0, 0.05) is 18.9 Å². The number of rotatable bonds is 3. The predicted octanol–water partition coefficient (Wildman–Crippen LogP) is 1.61. The van der Waals surface area contributed by atoms with Gasteiger partial charge in [0.1, 0.15) is 5.76 Å². The minimum Gasteiger partial charge on any atom is -0.469 e. The molecule has 0 aromatic carbocycles. The number of aliphatic hydroxyl groups is 1. The molecule has 0 spiro atoms. The van der Waals surface area contributed by atoms with Crippen molar-refractivity contribution in [3.8, 4) is 0 Å². The molecule has 3 unspecified atom stereocenters. The van der Waals surface area contributed by atoms with E-state index in [0.717, 1.165) is 18.8 Å². The minimum atomic E-state index is -0.348. The van der Waals surface area contributed by atoms with Crippen molar-refractivity contribution < 1.29 is 14.3 Å². The van der Waals surface area contributed by atoms with Crippen LogP contribution in [0.15, 0.2) is 22.8 Å². The summed E-state index contributed by atoms with van der Waals surface area (Å²) >= 11 is 0. The van der Waals surface area contributed by atoms with Crippen LogP contribution >= 0.6 is 0 Å². The van der Waals surface area contributed by atoms with E-state index in [1.54, 1.807) is 6.26 Å². The van der Waals surface area contributed by atoms with Crippen LogP contribution in [0.4, 0.5) is 0 Å². The Morgan fingerprint density at radius 2 is 2.50 bits per heavy atom. The smallest absolute Gasteiger partial charge is 0.106 e. The van der Waals surface area contributed by atoms with Crippen molar-refractivity contribution in [3.05, 3.63) is 24.2 Å². The lowest BCUT2D eigenvalue weighted by Gasteiger charge is -2.19. The van der Waals surface area contributed by atoms with Gasteiger partial charge in [-0.25, -0.2) is 0 Å². The first-order valence-electron chi connectivity index (χ1n) is 5.09. The molecule has 1 aromatic rings. The molecule has 0 bridgehead atoms. The van der Waals surface area contributed by atoms with E-state index >= 15 is 0 Å². The van der Waals surface area contributed by atoms with Gasteiger partial charge < -0.3 is 14.3 Å². The predicted molar refractivity (Wildman–Crippen MR) is 51.9 cm³/mol. The van der Waals surface area contributed by atoms with Crippen molar-refractivity contribution in [2.75, 3.05) is 6.61 Å². The number of hydrogen-bond acceptors (Lipinski definition) is 3. The molecule has 3 atom stereocenters. The normalized spacial score (nSPS) is 29.3. The number of furan rings is 1. The second-order valence-corrected chi connectivity index (χ2v) is 3.88. The third-order valence-electron chi connectivity index (χ3n) is 2.92. The summed E-state index contributed by atoms with van der Waals surface area (Å²) in [4.78, 5) is 0. The second kappa shape index (κ2) is 4.15. The Kier molecular flexibility index (Phi) is 2.89. The van der Waals surface area contributed by atoms with Gasteiger partial charge in [-0.05, 0) is 25.5 Å². The lowest BCUT2D eigenvalue weighted by molar-refractivity contribution is 0.0417. The minimum absolute atomic E-state index is 0.167. The summed E-state index contributed by atoms with van der Waals surface area (Å²) in [7, 11) is 0. The molecule has 1 N–H and O–H groups in total. The van der Waals surface area contributed by atoms with Crippen LogP contribution < -0.4 is 0 Å². The van der Waals surface area contributed by atoms with Crippen LogP contribution in [0.25, 0.3) is 0 Å². The summed E-state index contributed by atoms with van der Waals surface area (Å²) in [5.41, 5.74) is 0. The summed E-state index contributed by atoms with van der Waals surface area (Å²) in [5.74, 6) is 1.09. The highest BCUT2D eigenvalue weighted by molar-refractivity contribution is 5.00. The van der Waals surface area contributed by atoms with E-state index in [-0.39, 0.29) is 18.1 Å². The molecule has 1 aromatic heterocycles. The van der Waals surface area contributed by atoms with Gasteiger partial charge in [-0.3, -0.25) is 0 Å². The van der Waals surface area contributed by atoms with Gasteiger partial charge in [0.15, 0.2) is 0 Å². The first-order chi connectivity index (χ1) is 6.77. The highest BCUT2D eigenvalue weighted by Gasteiger charge is 2.31. The molecule has 0 amide bonds. The van der Waals surface area contributed by atoms with E-state index < -0.39 is 0 Å². The Balaban J connectivity index is 1.92. The molecule has 1 saturated heterocycles. The monoisotopic (exact) mass is 196 g/mol. The van der Waals surface area contributed by atoms with E-state index in [4.69, 9.17) is 9.15 Å². The standard InChI is InChI=1S/C11H16O3/c1-8-10(4-6-13-8)11(12)7-9-3-2-5-14-9/h2-3,5,8,10-12H,4,6-7H2,1H3. The quantitative estimate of drug-likeness (QED) is 0.798. The fraction of sp³-hybridized carbons (Fsp3) is 0.636. The van der Waals surface area contributed by atoms with E-state index in [9.17, 15) is 5.11 Å². The largest absolute Gasteiger partial charge is 0.469 e. The summed E-state index contributed by atoms with van der Waals surface area (Å²) in [6.45, 7) is 2.78. The summed E-state index contributed by atoms with van der Waals surface area (Å²) in [6.07, 6.45) is 2.99. The fourth-order valence-corrected chi connectivity index (χ4v) is 2.04. The van der Waals surface area contributed by atoms with Gasteiger partial charge in [0.2, 0.25) is 0 Å². The molecule has 1 aliphatic heterocycles. The average Bonchev–Trinajstić information content (AvgIpc) is 2.75. The van der Waals surface area contributed by atoms with E-state index in [0.29, 0.717) is 6.42 Å². The van der Waals surface area contributed by atoms with Crippen LogP contribution in [0.1, 0.15) is 19.1 Å². The molecule has 2 rings (SSSR count). The Labute approximate surface area is 83.7 Å². The summed E-state index contributed by atoms with van der Waals surface area (Å²) in [5, 5.41) is 9.95. The van der Waals surface area contributed by atoms with Crippen molar-refractivity contribution in [3.63, 3.8) is 0 Å². The zero-order valence-corrected chi connectivity index (χ0v) is 8.35. The molecular weight excluding hydrogens is 180 g/mol. The van der Waals surface area contributed by atoms with Crippen LogP contribution in [0, 0.1) is 5.92 Å². The molecule has 78 valence electrons. The number of hydrogen-bond donors (Lipinski definition) is 1. The molecule has 0 saturated carbocycles. The molecule has 1 fully saturated rings. The van der Waals surface area contributed by atoms with Crippen molar-refractivity contribution in [1.82, 2.24) is 0 Å². The molecule has 3 heteroatoms. The van der Waals surface area contributed by atoms with Gasteiger partial charge >= 0.3 is 0 Å². The van der Waals surface area contributed by atoms with Crippen LogP contribution in [0.3, 0.4) is 0 Å². The Hall–Kier alpha value is -0.800. The Bertz CT molecular complexity index is 268. The maximum absolute atomic E-state index is 9.95. The molecule has 14 heavy (non-hydrogen) atoms. The fourth-order valence-electron chi connectivity index (χ4n) is 2.04. The Morgan fingerprint density at radius 3 is 3.07 bits per heavy atom. The van der Waals surface area contributed by atoms with Crippen LogP contribution in [-0.4, -0.2) is 23.9 Å². The summed E-state index contributed by atoms with van der Waals surface area (Å²) < 4.78 is 10.6. The highest BCUT2D eigenvalue weighted by Crippen LogP contribution is 2.25. The topological polar surface area (TPSA) is 42.6 Å².